The molecule has 3 rings (SSSR count). The molecule has 0 spiro atoms. The van der Waals surface area contributed by atoms with Gasteiger partial charge in [-0.15, -0.1) is 0 Å². The molecule has 0 amide bonds. The fourth-order valence-electron chi connectivity index (χ4n) is 4.24. The number of piperidine rings is 1. The number of hydrogen-bond donors (Lipinski definition) is 2. The molecule has 20 heavy (non-hydrogen) atoms. The minimum absolute atomic E-state index is 0.0986. The molecule has 3 nitrogen and oxygen atoms in total. The van der Waals surface area contributed by atoms with Crippen molar-refractivity contribution in [1.29, 1.82) is 0 Å². The Labute approximate surface area is 121 Å². The highest BCUT2D eigenvalue weighted by molar-refractivity contribution is 5.42. The van der Waals surface area contributed by atoms with Gasteiger partial charge in [0.2, 0.25) is 0 Å². The van der Waals surface area contributed by atoms with E-state index in [1.807, 2.05) is 12.1 Å². The highest BCUT2D eigenvalue weighted by Crippen LogP contribution is 2.47. The Morgan fingerprint density at radius 1 is 1.40 bits per heavy atom. The number of benzene rings is 1. The van der Waals surface area contributed by atoms with E-state index in [1.54, 1.807) is 0 Å². The fraction of sp³-hybridized carbons (Fsp3) is 0.647. The van der Waals surface area contributed by atoms with Crippen LogP contribution in [-0.4, -0.2) is 22.7 Å². The second-order valence-electron chi connectivity index (χ2n) is 6.40. The van der Waals surface area contributed by atoms with Crippen molar-refractivity contribution in [1.82, 2.24) is 4.90 Å². The predicted octanol–water partition coefficient (Wildman–Crippen LogP) is 3.10. The number of hydrogen-bond acceptors (Lipinski definition) is 3. The van der Waals surface area contributed by atoms with Crippen molar-refractivity contribution in [3.63, 3.8) is 0 Å². The molecule has 0 radical (unpaired) electrons. The third-order valence-corrected chi connectivity index (χ3v) is 5.15. The average molecular weight is 274 g/mol. The third kappa shape index (κ3) is 2.13. The van der Waals surface area contributed by atoms with Crippen LogP contribution >= 0.6 is 0 Å². The van der Waals surface area contributed by atoms with Crippen molar-refractivity contribution in [2.24, 2.45) is 5.73 Å². The Hall–Kier alpha value is -1.06. The third-order valence-electron chi connectivity index (χ3n) is 5.15. The summed E-state index contributed by atoms with van der Waals surface area (Å²) >= 11 is 0. The summed E-state index contributed by atoms with van der Waals surface area (Å²) < 4.78 is 0. The first-order valence-electron chi connectivity index (χ1n) is 8.02. The molecule has 2 aliphatic rings. The van der Waals surface area contributed by atoms with E-state index in [-0.39, 0.29) is 11.7 Å². The van der Waals surface area contributed by atoms with Crippen molar-refractivity contribution in [3.8, 4) is 5.75 Å². The topological polar surface area (TPSA) is 49.5 Å². The van der Waals surface area contributed by atoms with Crippen molar-refractivity contribution in [3.05, 3.63) is 29.3 Å². The number of unbranched alkanes of at least 4 members (excludes halogenated alkanes) is 1. The lowest BCUT2D eigenvalue weighted by Crippen LogP contribution is -2.60. The number of nitrogens with two attached hydrogens (primary N) is 1. The Balaban J connectivity index is 2.07. The molecular formula is C17H26N2O. The van der Waals surface area contributed by atoms with E-state index in [9.17, 15) is 5.11 Å². The number of aromatic hydroxyl groups is 1. The maximum Gasteiger partial charge on any atom is 0.115 e. The van der Waals surface area contributed by atoms with Crippen LogP contribution in [-0.2, 0) is 12.0 Å². The van der Waals surface area contributed by atoms with Gasteiger partial charge in [0.25, 0.3) is 0 Å². The van der Waals surface area contributed by atoms with Gasteiger partial charge < -0.3 is 10.8 Å². The summed E-state index contributed by atoms with van der Waals surface area (Å²) in [7, 11) is 0. The SMILES string of the molecule is CCCCC12CCCCN1C(N)Cc1cc(O)ccc12. The minimum atomic E-state index is 0.0986. The van der Waals surface area contributed by atoms with Crippen LogP contribution in [0.2, 0.25) is 0 Å². The Kier molecular flexibility index (Phi) is 3.74. The molecule has 2 unspecified atom stereocenters. The van der Waals surface area contributed by atoms with Gasteiger partial charge >= 0.3 is 0 Å². The van der Waals surface area contributed by atoms with Crippen LogP contribution in [0.5, 0.6) is 5.75 Å². The van der Waals surface area contributed by atoms with Gasteiger partial charge in [-0.2, -0.15) is 0 Å². The summed E-state index contributed by atoms with van der Waals surface area (Å²) in [4.78, 5) is 2.55. The Bertz CT molecular complexity index is 488. The maximum absolute atomic E-state index is 9.78. The van der Waals surface area contributed by atoms with E-state index >= 15 is 0 Å². The van der Waals surface area contributed by atoms with Crippen molar-refractivity contribution in [2.45, 2.75) is 63.6 Å². The Morgan fingerprint density at radius 2 is 2.25 bits per heavy atom. The molecule has 0 aliphatic carbocycles. The first-order valence-corrected chi connectivity index (χ1v) is 8.02. The molecule has 2 aliphatic heterocycles. The van der Waals surface area contributed by atoms with Gasteiger partial charge in [0.05, 0.1) is 6.17 Å². The summed E-state index contributed by atoms with van der Waals surface area (Å²) in [6, 6.07) is 5.91. The first kappa shape index (κ1) is 13.9. The summed E-state index contributed by atoms with van der Waals surface area (Å²) in [5.41, 5.74) is 9.25. The summed E-state index contributed by atoms with van der Waals surface area (Å²) in [5, 5.41) is 9.78. The molecule has 3 N–H and O–H groups in total. The number of phenols is 1. The molecular weight excluding hydrogens is 248 g/mol. The van der Waals surface area contributed by atoms with Crippen LogP contribution < -0.4 is 5.73 Å². The molecule has 3 heteroatoms. The van der Waals surface area contributed by atoms with Crippen LogP contribution in [0, 0.1) is 0 Å². The molecule has 0 aromatic heterocycles. The highest BCUT2D eigenvalue weighted by atomic mass is 16.3. The van der Waals surface area contributed by atoms with Crippen LogP contribution in [0.4, 0.5) is 0 Å². The molecule has 1 aromatic rings. The number of rotatable bonds is 3. The molecule has 110 valence electrons. The number of nitrogens with zero attached hydrogens (tertiary/aromatic N) is 1. The standard InChI is InChI=1S/C17H26N2O/c1-2-3-8-17-9-4-5-10-19(17)16(18)12-13-11-14(20)6-7-15(13)17/h6-7,11,16,20H,2-5,8-10,12,18H2,1H3. The van der Waals surface area contributed by atoms with E-state index < -0.39 is 0 Å². The Morgan fingerprint density at radius 3 is 3.05 bits per heavy atom. The van der Waals surface area contributed by atoms with E-state index in [4.69, 9.17) is 5.73 Å². The smallest absolute Gasteiger partial charge is 0.115 e. The van der Waals surface area contributed by atoms with Crippen LogP contribution in [0.25, 0.3) is 0 Å². The van der Waals surface area contributed by atoms with Crippen LogP contribution in [0.3, 0.4) is 0 Å². The molecule has 0 bridgehead atoms. The quantitative estimate of drug-likeness (QED) is 0.890. The second-order valence-corrected chi connectivity index (χ2v) is 6.40. The zero-order valence-corrected chi connectivity index (χ0v) is 12.4. The summed E-state index contributed by atoms with van der Waals surface area (Å²) in [6.45, 7) is 3.37. The van der Waals surface area contributed by atoms with Gasteiger partial charge in [-0.25, -0.2) is 0 Å². The summed E-state index contributed by atoms with van der Waals surface area (Å²) in [6.07, 6.45) is 8.36. The van der Waals surface area contributed by atoms with E-state index in [0.29, 0.717) is 5.75 Å². The maximum atomic E-state index is 9.78. The number of fused-ring (bicyclic) bond motifs is 3. The van der Waals surface area contributed by atoms with Gasteiger partial charge in [0, 0.05) is 18.5 Å². The summed E-state index contributed by atoms with van der Waals surface area (Å²) in [5.74, 6) is 0.367. The monoisotopic (exact) mass is 274 g/mol. The number of phenolic OH excluding ortho intramolecular Hbond substituents is 1. The zero-order valence-electron chi connectivity index (χ0n) is 12.4. The van der Waals surface area contributed by atoms with Crippen molar-refractivity contribution < 1.29 is 5.11 Å². The average Bonchev–Trinajstić information content (AvgIpc) is 2.45. The second kappa shape index (κ2) is 5.38. The molecule has 1 saturated heterocycles. The predicted molar refractivity (Wildman–Crippen MR) is 81.5 cm³/mol. The zero-order chi connectivity index (χ0) is 14.2. The van der Waals surface area contributed by atoms with Crippen LogP contribution in [0.1, 0.15) is 56.6 Å². The lowest BCUT2D eigenvalue weighted by atomic mass is 9.71. The van der Waals surface area contributed by atoms with Crippen molar-refractivity contribution in [2.75, 3.05) is 6.54 Å². The van der Waals surface area contributed by atoms with Gasteiger partial charge in [-0.1, -0.05) is 25.8 Å². The molecule has 0 saturated carbocycles. The molecule has 2 heterocycles. The van der Waals surface area contributed by atoms with E-state index in [1.165, 1.54) is 49.7 Å². The minimum Gasteiger partial charge on any atom is -0.508 e. The van der Waals surface area contributed by atoms with Gasteiger partial charge in [-0.05, 0) is 48.9 Å². The van der Waals surface area contributed by atoms with Gasteiger partial charge in [0.15, 0.2) is 0 Å². The van der Waals surface area contributed by atoms with Gasteiger partial charge in [-0.3, -0.25) is 4.90 Å². The van der Waals surface area contributed by atoms with Gasteiger partial charge in [0.1, 0.15) is 5.75 Å². The fourth-order valence-corrected chi connectivity index (χ4v) is 4.24. The van der Waals surface area contributed by atoms with Crippen LogP contribution in [0.15, 0.2) is 18.2 Å². The highest BCUT2D eigenvalue weighted by Gasteiger charge is 2.46. The normalized spacial score (nSPS) is 29.8. The lowest BCUT2D eigenvalue weighted by Gasteiger charge is -2.54. The largest absolute Gasteiger partial charge is 0.508 e. The van der Waals surface area contributed by atoms with E-state index in [2.05, 4.69) is 17.9 Å². The molecule has 1 fully saturated rings. The molecule has 2 atom stereocenters. The molecule has 1 aromatic carbocycles. The first-order chi connectivity index (χ1) is 9.67. The van der Waals surface area contributed by atoms with E-state index in [0.717, 1.165) is 13.0 Å². The van der Waals surface area contributed by atoms with Crippen molar-refractivity contribution >= 4 is 0 Å². The lowest BCUT2D eigenvalue weighted by molar-refractivity contribution is -0.0145.